The Morgan fingerprint density at radius 3 is 2.65 bits per heavy atom. The van der Waals surface area contributed by atoms with E-state index in [1.807, 2.05) is 0 Å². The highest BCUT2D eigenvalue weighted by molar-refractivity contribution is 9.10. The lowest BCUT2D eigenvalue weighted by molar-refractivity contribution is 0.0653. The van der Waals surface area contributed by atoms with Gasteiger partial charge in [0.15, 0.2) is 0 Å². The lowest BCUT2D eigenvalue weighted by atomic mass is 10.1. The van der Waals surface area contributed by atoms with Crippen molar-refractivity contribution in [2.75, 3.05) is 19.6 Å². The number of benzene rings is 1. The van der Waals surface area contributed by atoms with Crippen LogP contribution in [0.25, 0.3) is 0 Å². The second-order valence-corrected chi connectivity index (χ2v) is 6.21. The SMILES string of the molecule is CC(O)CNC(=O)NCCCN1C(=O)c2ccc(Br)cc2C1=O. The van der Waals surface area contributed by atoms with Crippen molar-refractivity contribution in [2.45, 2.75) is 19.4 Å². The van der Waals surface area contributed by atoms with Gasteiger partial charge in [-0.3, -0.25) is 14.5 Å². The Morgan fingerprint density at radius 1 is 1.26 bits per heavy atom. The Bertz CT molecular complexity index is 633. The molecule has 1 aliphatic heterocycles. The van der Waals surface area contributed by atoms with Gasteiger partial charge in [0.05, 0.1) is 17.2 Å². The molecule has 0 aromatic heterocycles. The van der Waals surface area contributed by atoms with E-state index >= 15 is 0 Å². The van der Waals surface area contributed by atoms with Crippen LogP contribution in [-0.4, -0.2) is 53.6 Å². The number of halogens is 1. The Hall–Kier alpha value is -1.93. The number of hydrogen-bond acceptors (Lipinski definition) is 4. The minimum Gasteiger partial charge on any atom is -0.392 e. The molecule has 0 spiro atoms. The van der Waals surface area contributed by atoms with Crippen LogP contribution < -0.4 is 10.6 Å². The van der Waals surface area contributed by atoms with Crippen LogP contribution in [-0.2, 0) is 0 Å². The predicted molar refractivity (Wildman–Crippen MR) is 87.2 cm³/mol. The Kier molecular flexibility index (Phi) is 5.73. The van der Waals surface area contributed by atoms with Crippen molar-refractivity contribution < 1.29 is 19.5 Å². The maximum absolute atomic E-state index is 12.2. The summed E-state index contributed by atoms with van der Waals surface area (Å²) in [6, 6.07) is 4.59. The van der Waals surface area contributed by atoms with Crippen LogP contribution in [0, 0.1) is 0 Å². The highest BCUT2D eigenvalue weighted by Gasteiger charge is 2.34. The van der Waals surface area contributed by atoms with Crippen molar-refractivity contribution in [2.24, 2.45) is 0 Å². The normalized spacial score (nSPS) is 14.7. The molecular formula is C15H18BrN3O4. The molecule has 124 valence electrons. The van der Waals surface area contributed by atoms with Gasteiger partial charge in [-0.1, -0.05) is 15.9 Å². The van der Waals surface area contributed by atoms with Crippen molar-refractivity contribution in [3.8, 4) is 0 Å². The van der Waals surface area contributed by atoms with E-state index in [4.69, 9.17) is 5.11 Å². The fraction of sp³-hybridized carbons (Fsp3) is 0.400. The lowest BCUT2D eigenvalue weighted by Gasteiger charge is -2.14. The predicted octanol–water partition coefficient (Wildman–Crippen LogP) is 1.12. The zero-order chi connectivity index (χ0) is 17.0. The van der Waals surface area contributed by atoms with Crippen molar-refractivity contribution in [1.82, 2.24) is 15.5 Å². The maximum atomic E-state index is 12.2. The lowest BCUT2D eigenvalue weighted by Crippen LogP contribution is -2.40. The van der Waals surface area contributed by atoms with Gasteiger partial charge < -0.3 is 15.7 Å². The molecule has 1 aromatic carbocycles. The third-order valence-electron chi connectivity index (χ3n) is 3.33. The minimum absolute atomic E-state index is 0.166. The molecule has 2 rings (SSSR count). The van der Waals surface area contributed by atoms with E-state index in [-0.39, 0.29) is 24.9 Å². The summed E-state index contributed by atoms with van der Waals surface area (Å²) in [7, 11) is 0. The summed E-state index contributed by atoms with van der Waals surface area (Å²) >= 11 is 3.28. The fourth-order valence-electron chi connectivity index (χ4n) is 2.21. The van der Waals surface area contributed by atoms with Crippen LogP contribution >= 0.6 is 15.9 Å². The number of carbonyl (C=O) groups excluding carboxylic acids is 3. The molecule has 0 fully saturated rings. The Morgan fingerprint density at radius 2 is 1.96 bits per heavy atom. The third-order valence-corrected chi connectivity index (χ3v) is 3.83. The van der Waals surface area contributed by atoms with E-state index in [0.29, 0.717) is 24.1 Å². The molecule has 23 heavy (non-hydrogen) atoms. The van der Waals surface area contributed by atoms with E-state index in [0.717, 1.165) is 4.47 Å². The Balaban J connectivity index is 1.80. The molecule has 1 atom stereocenters. The van der Waals surface area contributed by atoms with Crippen molar-refractivity contribution in [1.29, 1.82) is 0 Å². The van der Waals surface area contributed by atoms with Crippen LogP contribution in [0.3, 0.4) is 0 Å². The van der Waals surface area contributed by atoms with Gasteiger partial charge in [0, 0.05) is 24.1 Å². The molecular weight excluding hydrogens is 366 g/mol. The summed E-state index contributed by atoms with van der Waals surface area (Å²) in [5.41, 5.74) is 0.799. The topological polar surface area (TPSA) is 98.7 Å². The molecule has 8 heteroatoms. The van der Waals surface area contributed by atoms with Gasteiger partial charge in [-0.25, -0.2) is 4.79 Å². The molecule has 7 nitrogen and oxygen atoms in total. The second kappa shape index (κ2) is 7.56. The highest BCUT2D eigenvalue weighted by Crippen LogP contribution is 2.25. The second-order valence-electron chi connectivity index (χ2n) is 5.29. The van der Waals surface area contributed by atoms with Crippen molar-refractivity contribution in [3.63, 3.8) is 0 Å². The zero-order valence-corrected chi connectivity index (χ0v) is 14.2. The molecule has 0 aliphatic carbocycles. The van der Waals surface area contributed by atoms with E-state index in [1.54, 1.807) is 25.1 Å². The van der Waals surface area contributed by atoms with E-state index < -0.39 is 12.1 Å². The van der Waals surface area contributed by atoms with Gasteiger partial charge in [-0.2, -0.15) is 0 Å². The van der Waals surface area contributed by atoms with E-state index in [1.165, 1.54) is 4.90 Å². The first-order valence-corrected chi connectivity index (χ1v) is 8.05. The highest BCUT2D eigenvalue weighted by atomic mass is 79.9. The summed E-state index contributed by atoms with van der Waals surface area (Å²) in [5.74, 6) is -0.624. The van der Waals surface area contributed by atoms with E-state index in [9.17, 15) is 14.4 Å². The number of urea groups is 1. The van der Waals surface area contributed by atoms with Crippen molar-refractivity contribution in [3.05, 3.63) is 33.8 Å². The molecule has 3 N–H and O–H groups in total. The van der Waals surface area contributed by atoms with Gasteiger partial charge >= 0.3 is 6.03 Å². The number of fused-ring (bicyclic) bond motifs is 1. The monoisotopic (exact) mass is 383 g/mol. The van der Waals surface area contributed by atoms with Crippen LogP contribution in [0.4, 0.5) is 4.79 Å². The van der Waals surface area contributed by atoms with Crippen molar-refractivity contribution >= 4 is 33.8 Å². The third kappa shape index (κ3) is 4.29. The molecule has 1 heterocycles. The first-order chi connectivity index (χ1) is 10.9. The molecule has 0 radical (unpaired) electrons. The summed E-state index contributed by atoms with van der Waals surface area (Å²) in [6.07, 6.45) is -0.159. The molecule has 1 aliphatic rings. The number of nitrogens with zero attached hydrogens (tertiary/aromatic N) is 1. The first kappa shape index (κ1) is 17.4. The van der Waals surface area contributed by atoms with Gasteiger partial charge in [0.1, 0.15) is 0 Å². The molecule has 0 saturated heterocycles. The van der Waals surface area contributed by atoms with Crippen LogP contribution in [0.15, 0.2) is 22.7 Å². The number of aliphatic hydroxyl groups excluding tert-OH is 1. The fourth-order valence-corrected chi connectivity index (χ4v) is 2.57. The van der Waals surface area contributed by atoms with Crippen LogP contribution in [0.1, 0.15) is 34.1 Å². The largest absolute Gasteiger partial charge is 0.392 e. The number of rotatable bonds is 6. The molecule has 0 bridgehead atoms. The number of imide groups is 1. The number of hydrogen-bond donors (Lipinski definition) is 3. The number of carbonyl (C=O) groups is 3. The summed E-state index contributed by atoms with van der Waals surface area (Å²) in [5, 5.41) is 14.2. The van der Waals surface area contributed by atoms with E-state index in [2.05, 4.69) is 26.6 Å². The smallest absolute Gasteiger partial charge is 0.314 e. The number of amides is 4. The Labute approximate surface area is 142 Å². The quantitative estimate of drug-likeness (QED) is 0.506. The summed E-state index contributed by atoms with van der Waals surface area (Å²) in [6.45, 7) is 2.30. The zero-order valence-electron chi connectivity index (χ0n) is 12.6. The van der Waals surface area contributed by atoms with Gasteiger partial charge in [0.25, 0.3) is 11.8 Å². The number of aliphatic hydroxyl groups is 1. The minimum atomic E-state index is -0.613. The molecule has 1 aromatic rings. The van der Waals surface area contributed by atoms with Crippen LogP contribution in [0.5, 0.6) is 0 Å². The summed E-state index contributed by atoms with van der Waals surface area (Å²) < 4.78 is 0.746. The maximum Gasteiger partial charge on any atom is 0.314 e. The summed E-state index contributed by atoms with van der Waals surface area (Å²) in [4.78, 5) is 37.0. The molecule has 4 amide bonds. The number of nitrogens with one attached hydrogen (secondary N) is 2. The first-order valence-electron chi connectivity index (χ1n) is 7.25. The van der Waals surface area contributed by atoms with Crippen LogP contribution in [0.2, 0.25) is 0 Å². The van der Waals surface area contributed by atoms with Gasteiger partial charge in [0.2, 0.25) is 0 Å². The molecule has 0 saturated carbocycles. The van der Waals surface area contributed by atoms with Gasteiger partial charge in [-0.05, 0) is 31.5 Å². The molecule has 1 unspecified atom stereocenters. The average molecular weight is 384 g/mol. The van der Waals surface area contributed by atoms with Gasteiger partial charge in [-0.15, -0.1) is 0 Å². The standard InChI is InChI=1S/C15H18BrN3O4/c1-9(20)8-18-15(23)17-5-2-6-19-13(21)11-4-3-10(16)7-12(11)14(19)22/h3-4,7,9,20H,2,5-6,8H2,1H3,(H2,17,18,23). The average Bonchev–Trinajstić information content (AvgIpc) is 2.73.